The van der Waals surface area contributed by atoms with Gasteiger partial charge in [0.05, 0.1) is 49.3 Å². The lowest BCUT2D eigenvalue weighted by Gasteiger charge is -2.40. The third-order valence-electron chi connectivity index (χ3n) is 5.99. The molecule has 2 fully saturated rings. The van der Waals surface area contributed by atoms with Gasteiger partial charge in [-0.05, 0) is 12.8 Å². The van der Waals surface area contributed by atoms with E-state index in [0.29, 0.717) is 37.3 Å². The first-order valence-corrected chi connectivity index (χ1v) is 10.5. The minimum Gasteiger partial charge on any atom is -0.381 e. The number of halogens is 2. The highest BCUT2D eigenvalue weighted by Crippen LogP contribution is 2.31. The van der Waals surface area contributed by atoms with Crippen LogP contribution in [-0.2, 0) is 4.79 Å². The van der Waals surface area contributed by atoms with Crippen molar-refractivity contribution in [3.05, 3.63) is 36.2 Å². The van der Waals surface area contributed by atoms with Crippen LogP contribution in [0.3, 0.4) is 0 Å². The van der Waals surface area contributed by atoms with Crippen LogP contribution in [-0.4, -0.2) is 73.9 Å². The van der Waals surface area contributed by atoms with Crippen molar-refractivity contribution in [2.45, 2.75) is 19.0 Å². The average Bonchev–Trinajstić information content (AvgIpc) is 3.11. The number of piperidine rings is 1. The van der Waals surface area contributed by atoms with Gasteiger partial charge in [0.1, 0.15) is 11.7 Å². The van der Waals surface area contributed by atoms with Crippen LogP contribution in [0, 0.1) is 11.7 Å². The van der Waals surface area contributed by atoms with Gasteiger partial charge in [-0.15, -0.1) is 5.10 Å². The Morgan fingerprint density at radius 2 is 1.85 bits per heavy atom. The molecule has 3 N–H and O–H groups in total. The number of anilines is 3. The third-order valence-corrected chi connectivity index (χ3v) is 5.99. The Labute approximate surface area is 186 Å². The Balaban J connectivity index is 1.31. The molecule has 5 heterocycles. The molecule has 0 bridgehead atoms. The average molecular weight is 457 g/mol. The van der Waals surface area contributed by atoms with E-state index >= 15 is 0 Å². The summed E-state index contributed by atoms with van der Waals surface area (Å²) in [6, 6.07) is 0. The topological polar surface area (TPSA) is 135 Å². The number of hydrogen-bond donors (Lipinski definition) is 2. The number of nitrogens with zero attached hydrogens (tertiary/aromatic N) is 7. The van der Waals surface area contributed by atoms with Crippen molar-refractivity contribution in [1.29, 1.82) is 0 Å². The maximum atomic E-state index is 13.4. The monoisotopic (exact) mass is 457 g/mol. The Hall–Kier alpha value is -3.90. The number of aromatic nitrogens is 5. The summed E-state index contributed by atoms with van der Waals surface area (Å²) in [5.41, 5.74) is 7.07. The van der Waals surface area contributed by atoms with E-state index in [0.717, 1.165) is 16.9 Å². The van der Waals surface area contributed by atoms with Crippen LogP contribution in [0.25, 0.3) is 5.65 Å². The van der Waals surface area contributed by atoms with Crippen molar-refractivity contribution in [2.24, 2.45) is 5.92 Å². The number of rotatable bonds is 4. The van der Waals surface area contributed by atoms with E-state index in [1.165, 1.54) is 12.4 Å². The zero-order valence-electron chi connectivity index (χ0n) is 17.5. The van der Waals surface area contributed by atoms with Gasteiger partial charge in [0.2, 0.25) is 5.91 Å². The van der Waals surface area contributed by atoms with Gasteiger partial charge < -0.3 is 20.9 Å². The molecule has 0 atom stereocenters. The van der Waals surface area contributed by atoms with Crippen LogP contribution in [0.1, 0.15) is 23.2 Å². The molecule has 0 aromatic carbocycles. The number of amides is 2. The highest BCUT2D eigenvalue weighted by Gasteiger charge is 2.36. The molecule has 2 aliphatic heterocycles. The smallest absolute Gasteiger partial charge is 0.263 e. The number of nitrogens with two attached hydrogens (primary N) is 1. The van der Waals surface area contributed by atoms with Gasteiger partial charge in [-0.3, -0.25) is 9.59 Å². The standard InChI is InChI=1S/C20H21F2N9O2/c21-12-5-24-18-16(17(23)28-31(18)10-12)19(32)27-14-6-25-26-7-15(14)29-3-1-11(2-4-29)20(33)30-8-13(22)9-30/h5-7,10-11,13H,1-4,8-9H2,(H2,23,28)(H,26,27,32). The van der Waals surface area contributed by atoms with E-state index in [4.69, 9.17) is 5.73 Å². The molecule has 11 nitrogen and oxygen atoms in total. The lowest BCUT2D eigenvalue weighted by molar-refractivity contribution is -0.143. The lowest BCUT2D eigenvalue weighted by Crippen LogP contribution is -2.54. The maximum absolute atomic E-state index is 13.4. The highest BCUT2D eigenvalue weighted by molar-refractivity contribution is 6.12. The molecule has 2 saturated heterocycles. The van der Waals surface area contributed by atoms with Crippen molar-refractivity contribution in [3.8, 4) is 0 Å². The Bertz CT molecular complexity index is 1220. The Morgan fingerprint density at radius 3 is 2.58 bits per heavy atom. The molecule has 2 aliphatic rings. The first-order chi connectivity index (χ1) is 15.9. The third kappa shape index (κ3) is 3.90. The zero-order chi connectivity index (χ0) is 23.1. The molecule has 172 valence electrons. The molecule has 0 radical (unpaired) electrons. The molecule has 0 aliphatic carbocycles. The summed E-state index contributed by atoms with van der Waals surface area (Å²) in [5.74, 6) is -1.42. The molecule has 3 aromatic heterocycles. The fraction of sp³-hybridized carbons (Fsp3) is 0.400. The largest absolute Gasteiger partial charge is 0.381 e. The predicted octanol–water partition coefficient (Wildman–Crippen LogP) is 0.890. The second-order valence-corrected chi connectivity index (χ2v) is 8.14. The first kappa shape index (κ1) is 21.0. The van der Waals surface area contributed by atoms with Gasteiger partial charge in [0, 0.05) is 19.0 Å². The normalized spacial score (nSPS) is 17.3. The quantitative estimate of drug-likeness (QED) is 0.590. The van der Waals surface area contributed by atoms with Gasteiger partial charge >= 0.3 is 0 Å². The van der Waals surface area contributed by atoms with Crippen molar-refractivity contribution in [1.82, 2.24) is 29.7 Å². The van der Waals surface area contributed by atoms with E-state index in [1.54, 1.807) is 4.90 Å². The predicted molar refractivity (Wildman–Crippen MR) is 114 cm³/mol. The summed E-state index contributed by atoms with van der Waals surface area (Å²) in [4.78, 5) is 33.0. The van der Waals surface area contributed by atoms with E-state index in [-0.39, 0.29) is 41.9 Å². The minimum absolute atomic E-state index is 0.00238. The van der Waals surface area contributed by atoms with Crippen molar-refractivity contribution >= 4 is 34.7 Å². The van der Waals surface area contributed by atoms with Crippen molar-refractivity contribution in [3.63, 3.8) is 0 Å². The molecule has 2 amide bonds. The molecule has 33 heavy (non-hydrogen) atoms. The Kier molecular flexibility index (Phi) is 5.23. The molecule has 5 rings (SSSR count). The molecule has 0 unspecified atom stereocenters. The zero-order valence-corrected chi connectivity index (χ0v) is 17.5. The van der Waals surface area contributed by atoms with Crippen LogP contribution in [0.2, 0.25) is 0 Å². The van der Waals surface area contributed by atoms with E-state index in [9.17, 15) is 18.4 Å². The van der Waals surface area contributed by atoms with Crippen LogP contribution < -0.4 is 16.0 Å². The number of hydrogen-bond acceptors (Lipinski definition) is 8. The summed E-state index contributed by atoms with van der Waals surface area (Å²) in [5, 5.41) is 14.5. The summed E-state index contributed by atoms with van der Waals surface area (Å²) in [7, 11) is 0. The summed E-state index contributed by atoms with van der Waals surface area (Å²) < 4.78 is 27.6. The second kappa shape index (κ2) is 8.22. The fourth-order valence-electron chi connectivity index (χ4n) is 4.23. The second-order valence-electron chi connectivity index (χ2n) is 8.14. The van der Waals surface area contributed by atoms with E-state index in [2.05, 4.69) is 25.6 Å². The lowest BCUT2D eigenvalue weighted by atomic mass is 9.93. The molecular weight excluding hydrogens is 436 g/mol. The number of fused-ring (bicyclic) bond motifs is 1. The van der Waals surface area contributed by atoms with Gasteiger partial charge in [-0.2, -0.15) is 10.2 Å². The summed E-state index contributed by atoms with van der Waals surface area (Å²) >= 11 is 0. The molecular formula is C20H21F2N9O2. The number of likely N-dealkylation sites (tertiary alicyclic amines) is 1. The van der Waals surface area contributed by atoms with Gasteiger partial charge in [-0.1, -0.05) is 0 Å². The summed E-state index contributed by atoms with van der Waals surface area (Å²) in [6.07, 6.45) is 5.31. The number of nitrogen functional groups attached to an aromatic ring is 1. The Morgan fingerprint density at radius 1 is 1.12 bits per heavy atom. The van der Waals surface area contributed by atoms with Gasteiger partial charge in [-0.25, -0.2) is 18.3 Å². The number of alkyl halides is 1. The van der Waals surface area contributed by atoms with Crippen LogP contribution >= 0.6 is 0 Å². The van der Waals surface area contributed by atoms with Gasteiger partial charge in [0.15, 0.2) is 17.3 Å². The SMILES string of the molecule is Nc1nn2cc(F)cnc2c1C(=O)Nc1cnncc1N1CCC(C(=O)N2CC(F)C2)CC1. The number of carbonyl (C=O) groups excluding carboxylic acids is 2. The van der Waals surface area contributed by atoms with Crippen molar-refractivity contribution < 1.29 is 18.4 Å². The fourth-order valence-corrected chi connectivity index (χ4v) is 4.23. The highest BCUT2D eigenvalue weighted by atomic mass is 19.1. The van der Waals surface area contributed by atoms with E-state index in [1.807, 2.05) is 4.90 Å². The number of nitrogens with one attached hydrogen (secondary N) is 1. The molecule has 0 spiro atoms. The van der Waals surface area contributed by atoms with Gasteiger partial charge in [0.25, 0.3) is 5.91 Å². The maximum Gasteiger partial charge on any atom is 0.263 e. The molecule has 13 heteroatoms. The van der Waals surface area contributed by atoms with Crippen LogP contribution in [0.5, 0.6) is 0 Å². The summed E-state index contributed by atoms with van der Waals surface area (Å²) in [6.45, 7) is 1.49. The number of carbonyl (C=O) groups is 2. The molecule has 3 aromatic rings. The first-order valence-electron chi connectivity index (χ1n) is 10.5. The molecule has 0 saturated carbocycles. The van der Waals surface area contributed by atoms with Crippen LogP contribution in [0.15, 0.2) is 24.8 Å². The van der Waals surface area contributed by atoms with E-state index < -0.39 is 17.9 Å². The van der Waals surface area contributed by atoms with Crippen LogP contribution in [0.4, 0.5) is 26.0 Å². The minimum atomic E-state index is -0.917. The van der Waals surface area contributed by atoms with Crippen molar-refractivity contribution in [2.75, 3.05) is 42.1 Å².